The molecule has 0 amide bonds. The quantitative estimate of drug-likeness (QED) is 0.408. The van der Waals surface area contributed by atoms with Crippen molar-refractivity contribution in [3.63, 3.8) is 0 Å². The van der Waals surface area contributed by atoms with Crippen LogP contribution in [0.1, 0.15) is 0 Å². The molecule has 1 heterocycles. The average Bonchev–Trinajstić information content (AvgIpc) is 2.45. The zero-order valence-electron chi connectivity index (χ0n) is 13.5. The molecular weight excluding hydrogens is 308 g/mol. The summed E-state index contributed by atoms with van der Waals surface area (Å²) in [5.74, 6) is 2.08. The number of hydrogen-bond donors (Lipinski definition) is 2. The van der Waals surface area contributed by atoms with Gasteiger partial charge in [-0.25, -0.2) is 4.79 Å². The lowest BCUT2D eigenvalue weighted by molar-refractivity contribution is -0.291. The lowest BCUT2D eigenvalue weighted by Crippen LogP contribution is -2.61. The molecule has 0 aliphatic carbocycles. The van der Waals surface area contributed by atoms with Gasteiger partial charge in [-0.3, -0.25) is 0 Å². The van der Waals surface area contributed by atoms with Crippen molar-refractivity contribution in [3.05, 3.63) is 0 Å². The Kier molecular flexibility index (Phi) is 6.99. The lowest BCUT2D eigenvalue weighted by Gasteiger charge is -2.39. The van der Waals surface area contributed by atoms with Gasteiger partial charge in [-0.15, -0.1) is 5.54 Å². The first-order valence-corrected chi connectivity index (χ1v) is 10.4. The predicted octanol–water partition coefficient (Wildman–Crippen LogP) is -0.481. The van der Waals surface area contributed by atoms with E-state index in [2.05, 4.69) is 31.1 Å². The molecule has 5 atom stereocenters. The van der Waals surface area contributed by atoms with Crippen molar-refractivity contribution >= 4 is 14.0 Å². The number of carbonyl (C=O) groups is 1. The van der Waals surface area contributed by atoms with Gasteiger partial charge < -0.3 is 29.2 Å². The smallest absolute Gasteiger partial charge is 0.339 e. The standard InChI is InChI=1S/C14H24O7Si/c1-18-11-9(15)10(16)14(19-2)21-12(11)13(17)20-7-6-8-22(3,4)5/h9-12,14-16H,7H2,1-5H3/t9-,10+,11+,12?,14-/m1/s1. The molecule has 0 spiro atoms. The van der Waals surface area contributed by atoms with Crippen LogP contribution in [-0.2, 0) is 23.7 Å². The third-order valence-corrected chi connectivity index (χ3v) is 3.96. The molecule has 0 aromatic carbocycles. The number of hydrogen-bond acceptors (Lipinski definition) is 7. The van der Waals surface area contributed by atoms with Crippen molar-refractivity contribution in [2.24, 2.45) is 0 Å². The Hall–Kier alpha value is -0.953. The van der Waals surface area contributed by atoms with Crippen LogP contribution in [0.3, 0.4) is 0 Å². The highest BCUT2D eigenvalue weighted by Crippen LogP contribution is 2.24. The van der Waals surface area contributed by atoms with Crippen molar-refractivity contribution in [1.82, 2.24) is 0 Å². The summed E-state index contributed by atoms with van der Waals surface area (Å²) >= 11 is 0. The zero-order valence-corrected chi connectivity index (χ0v) is 14.5. The Morgan fingerprint density at radius 2 is 1.82 bits per heavy atom. The van der Waals surface area contributed by atoms with E-state index in [1.807, 2.05) is 0 Å². The molecule has 1 aliphatic heterocycles. The SMILES string of the molecule is CO[C@@H]1OC(C(=O)OCC#C[Si](C)(C)C)[C@@H](OC)[C@H](O)[C@@H]1O. The van der Waals surface area contributed by atoms with Gasteiger partial charge in [0.05, 0.1) is 0 Å². The monoisotopic (exact) mass is 332 g/mol. The Labute approximate surface area is 131 Å². The van der Waals surface area contributed by atoms with E-state index in [0.717, 1.165) is 0 Å². The van der Waals surface area contributed by atoms with Gasteiger partial charge in [-0.05, 0) is 0 Å². The fourth-order valence-electron chi connectivity index (χ4n) is 1.98. The van der Waals surface area contributed by atoms with Gasteiger partial charge in [0.15, 0.2) is 19.0 Å². The third-order valence-electron chi connectivity index (χ3n) is 3.03. The number of aliphatic hydroxyl groups is 2. The summed E-state index contributed by atoms with van der Waals surface area (Å²) in [6, 6.07) is 0. The van der Waals surface area contributed by atoms with Gasteiger partial charge in [0.1, 0.15) is 26.4 Å². The van der Waals surface area contributed by atoms with Crippen LogP contribution in [0.5, 0.6) is 0 Å². The summed E-state index contributed by atoms with van der Waals surface area (Å²) in [6.45, 7) is 6.17. The first-order chi connectivity index (χ1) is 10.2. The van der Waals surface area contributed by atoms with Gasteiger partial charge >= 0.3 is 5.97 Å². The van der Waals surface area contributed by atoms with Crippen molar-refractivity contribution in [2.45, 2.75) is 50.3 Å². The number of rotatable bonds is 4. The predicted molar refractivity (Wildman–Crippen MR) is 80.6 cm³/mol. The van der Waals surface area contributed by atoms with Crippen LogP contribution in [0.25, 0.3) is 0 Å². The Bertz CT molecular complexity index is 437. The van der Waals surface area contributed by atoms with Crippen LogP contribution in [0.4, 0.5) is 0 Å². The Balaban J connectivity index is 2.70. The van der Waals surface area contributed by atoms with E-state index >= 15 is 0 Å². The summed E-state index contributed by atoms with van der Waals surface area (Å²) in [4.78, 5) is 12.1. The lowest BCUT2D eigenvalue weighted by atomic mass is 9.98. The molecule has 1 unspecified atom stereocenters. The normalized spacial score (nSPS) is 32.0. The molecule has 0 saturated carbocycles. The molecule has 22 heavy (non-hydrogen) atoms. The molecule has 0 aromatic heterocycles. The Morgan fingerprint density at radius 1 is 1.18 bits per heavy atom. The minimum absolute atomic E-state index is 0.0598. The molecule has 0 radical (unpaired) electrons. The molecule has 1 rings (SSSR count). The third kappa shape index (κ3) is 5.05. The number of carbonyl (C=O) groups excluding carboxylic acids is 1. The molecule has 7 nitrogen and oxygen atoms in total. The molecule has 1 aliphatic rings. The molecule has 0 bridgehead atoms. The van der Waals surface area contributed by atoms with E-state index in [0.29, 0.717) is 0 Å². The van der Waals surface area contributed by atoms with E-state index in [4.69, 9.17) is 18.9 Å². The van der Waals surface area contributed by atoms with Crippen molar-refractivity contribution in [2.75, 3.05) is 20.8 Å². The van der Waals surface area contributed by atoms with Crippen molar-refractivity contribution in [1.29, 1.82) is 0 Å². The number of aliphatic hydroxyl groups excluding tert-OH is 2. The topological polar surface area (TPSA) is 94.5 Å². The maximum absolute atomic E-state index is 12.1. The fraction of sp³-hybridized carbons (Fsp3) is 0.786. The van der Waals surface area contributed by atoms with Crippen LogP contribution in [-0.4, -0.2) is 75.8 Å². The highest BCUT2D eigenvalue weighted by Gasteiger charge is 2.48. The van der Waals surface area contributed by atoms with E-state index in [9.17, 15) is 15.0 Å². The summed E-state index contributed by atoms with van der Waals surface area (Å²) in [7, 11) is 1.08. The van der Waals surface area contributed by atoms with Crippen LogP contribution in [0.15, 0.2) is 0 Å². The molecule has 8 heteroatoms. The minimum Gasteiger partial charge on any atom is -0.451 e. The summed E-state index contributed by atoms with van der Waals surface area (Å²) < 4.78 is 20.3. The molecule has 2 N–H and O–H groups in total. The second kappa shape index (κ2) is 8.06. The van der Waals surface area contributed by atoms with Crippen LogP contribution >= 0.6 is 0 Å². The molecule has 0 aromatic rings. The van der Waals surface area contributed by atoms with Gasteiger partial charge in [0.25, 0.3) is 0 Å². The van der Waals surface area contributed by atoms with E-state index in [1.165, 1.54) is 14.2 Å². The van der Waals surface area contributed by atoms with E-state index in [1.54, 1.807) is 0 Å². The number of methoxy groups -OCH3 is 2. The average molecular weight is 332 g/mol. The van der Waals surface area contributed by atoms with Gasteiger partial charge in [0, 0.05) is 14.2 Å². The zero-order chi connectivity index (χ0) is 16.9. The largest absolute Gasteiger partial charge is 0.451 e. The first kappa shape index (κ1) is 19.1. The maximum Gasteiger partial charge on any atom is 0.339 e. The molecule has 126 valence electrons. The van der Waals surface area contributed by atoms with Gasteiger partial charge in [0.2, 0.25) is 0 Å². The molecule has 1 saturated heterocycles. The number of esters is 1. The second-order valence-electron chi connectivity index (χ2n) is 6.00. The fourth-order valence-corrected chi connectivity index (χ4v) is 2.58. The van der Waals surface area contributed by atoms with Crippen LogP contribution in [0.2, 0.25) is 19.6 Å². The van der Waals surface area contributed by atoms with Crippen molar-refractivity contribution < 1.29 is 34.0 Å². The van der Waals surface area contributed by atoms with Crippen LogP contribution in [0, 0.1) is 11.5 Å². The number of ether oxygens (including phenoxy) is 4. The maximum atomic E-state index is 12.1. The van der Waals surface area contributed by atoms with E-state index < -0.39 is 44.7 Å². The minimum atomic E-state index is -1.53. The van der Waals surface area contributed by atoms with Crippen LogP contribution < -0.4 is 0 Å². The van der Waals surface area contributed by atoms with Crippen molar-refractivity contribution in [3.8, 4) is 11.5 Å². The van der Waals surface area contributed by atoms with Gasteiger partial charge in [-0.2, -0.15) is 0 Å². The first-order valence-electron chi connectivity index (χ1n) is 6.95. The summed E-state index contributed by atoms with van der Waals surface area (Å²) in [6.07, 6.45) is -6.01. The van der Waals surface area contributed by atoms with Gasteiger partial charge in [-0.1, -0.05) is 25.6 Å². The Morgan fingerprint density at radius 3 is 2.32 bits per heavy atom. The second-order valence-corrected chi connectivity index (χ2v) is 10.8. The summed E-state index contributed by atoms with van der Waals surface area (Å²) in [5, 5.41) is 19.8. The molecule has 1 fully saturated rings. The highest BCUT2D eigenvalue weighted by molar-refractivity contribution is 6.83. The van der Waals surface area contributed by atoms with E-state index in [-0.39, 0.29) is 6.61 Å². The summed E-state index contributed by atoms with van der Waals surface area (Å²) in [5.41, 5.74) is 3.07. The highest BCUT2D eigenvalue weighted by atomic mass is 28.3. The molecular formula is C14H24O7Si.